The van der Waals surface area contributed by atoms with Gasteiger partial charge in [-0.1, -0.05) is 29.3 Å². The third kappa shape index (κ3) is 4.08. The van der Waals surface area contributed by atoms with Crippen molar-refractivity contribution in [3.05, 3.63) is 58.1 Å². The Morgan fingerprint density at radius 2 is 1.88 bits per heavy atom. The minimum Gasteiger partial charge on any atom is -0.322 e. The molecule has 0 aromatic heterocycles. The van der Waals surface area contributed by atoms with Gasteiger partial charge in [0.25, 0.3) is 5.91 Å². The molecule has 5 nitrogen and oxygen atoms in total. The molecule has 1 aliphatic rings. The molecule has 1 aliphatic heterocycles. The predicted molar refractivity (Wildman–Crippen MR) is 101 cm³/mol. The molecule has 132 valence electrons. The average molecular weight is 399 g/mol. The molecule has 0 radical (unpaired) electrons. The summed E-state index contributed by atoms with van der Waals surface area (Å²) in [5.74, 6) is -0.281. The van der Waals surface area contributed by atoms with Crippen LogP contribution in [0.15, 0.2) is 42.5 Å². The van der Waals surface area contributed by atoms with Crippen LogP contribution in [0.1, 0.15) is 23.2 Å². The van der Waals surface area contributed by atoms with E-state index in [1.54, 1.807) is 30.3 Å². The molecule has 0 aliphatic carbocycles. The molecular weight excluding hydrogens is 383 g/mol. The highest BCUT2D eigenvalue weighted by Crippen LogP contribution is 2.32. The van der Waals surface area contributed by atoms with Crippen LogP contribution in [-0.2, 0) is 10.0 Å². The van der Waals surface area contributed by atoms with Crippen LogP contribution in [0.3, 0.4) is 0 Å². The maximum Gasteiger partial charge on any atom is 0.255 e. The van der Waals surface area contributed by atoms with Crippen molar-refractivity contribution in [3.8, 4) is 0 Å². The van der Waals surface area contributed by atoms with Crippen molar-refractivity contribution in [3.63, 3.8) is 0 Å². The van der Waals surface area contributed by atoms with E-state index < -0.39 is 10.0 Å². The highest BCUT2D eigenvalue weighted by Gasteiger charge is 2.28. The first-order valence-corrected chi connectivity index (χ1v) is 10.1. The van der Waals surface area contributed by atoms with E-state index in [1.165, 1.54) is 16.4 Å². The number of carbonyl (C=O) groups excluding carboxylic acids is 1. The first-order valence-electron chi connectivity index (χ1n) is 7.74. The van der Waals surface area contributed by atoms with E-state index in [2.05, 4.69) is 5.32 Å². The number of nitrogens with zero attached hydrogens (tertiary/aromatic N) is 1. The molecule has 1 heterocycles. The van der Waals surface area contributed by atoms with E-state index in [0.29, 0.717) is 39.9 Å². The summed E-state index contributed by atoms with van der Waals surface area (Å²) in [5.41, 5.74) is 1.21. The predicted octanol–water partition coefficient (Wildman–Crippen LogP) is 4.18. The minimum atomic E-state index is -3.41. The van der Waals surface area contributed by atoms with Gasteiger partial charge < -0.3 is 5.32 Å². The average Bonchev–Trinajstić information content (AvgIpc) is 2.55. The van der Waals surface area contributed by atoms with Crippen molar-refractivity contribution in [2.45, 2.75) is 12.8 Å². The molecule has 3 rings (SSSR count). The molecule has 1 fully saturated rings. The number of hydrogen-bond acceptors (Lipinski definition) is 3. The van der Waals surface area contributed by atoms with Crippen LogP contribution < -0.4 is 9.62 Å². The Bertz CT molecular complexity index is 916. The zero-order valence-electron chi connectivity index (χ0n) is 13.2. The van der Waals surface area contributed by atoms with Gasteiger partial charge in [0, 0.05) is 22.8 Å². The first-order chi connectivity index (χ1) is 11.9. The normalized spacial score (nSPS) is 16.5. The van der Waals surface area contributed by atoms with Crippen molar-refractivity contribution in [1.29, 1.82) is 0 Å². The van der Waals surface area contributed by atoms with Gasteiger partial charge in [0.2, 0.25) is 10.0 Å². The van der Waals surface area contributed by atoms with Crippen molar-refractivity contribution in [2.24, 2.45) is 0 Å². The van der Waals surface area contributed by atoms with E-state index >= 15 is 0 Å². The molecule has 0 spiro atoms. The number of benzene rings is 2. The summed E-state index contributed by atoms with van der Waals surface area (Å²) >= 11 is 12.1. The molecule has 2 aromatic carbocycles. The molecule has 2 aromatic rings. The number of hydrogen-bond donors (Lipinski definition) is 1. The Hall–Kier alpha value is -1.76. The van der Waals surface area contributed by atoms with E-state index in [-0.39, 0.29) is 11.7 Å². The molecule has 25 heavy (non-hydrogen) atoms. The van der Waals surface area contributed by atoms with Gasteiger partial charge in [0.15, 0.2) is 0 Å². The summed E-state index contributed by atoms with van der Waals surface area (Å²) in [4.78, 5) is 12.5. The smallest absolute Gasteiger partial charge is 0.255 e. The summed E-state index contributed by atoms with van der Waals surface area (Å²) in [7, 11) is -3.41. The highest BCUT2D eigenvalue weighted by atomic mass is 35.5. The molecule has 1 amide bonds. The van der Waals surface area contributed by atoms with Crippen LogP contribution in [-0.4, -0.2) is 26.6 Å². The number of carbonyl (C=O) groups is 1. The summed E-state index contributed by atoms with van der Waals surface area (Å²) in [5, 5.41) is 3.54. The Kier molecular flexibility index (Phi) is 5.22. The number of anilines is 2. The monoisotopic (exact) mass is 398 g/mol. The Morgan fingerprint density at radius 1 is 1.08 bits per heavy atom. The van der Waals surface area contributed by atoms with Crippen LogP contribution in [0.5, 0.6) is 0 Å². The standard InChI is InChI=1S/C17H16Cl2N2O3S/c18-13-4-3-5-14(11-13)20-17(22)12-6-7-15(19)16(10-12)21-8-1-2-9-25(21,23)24/h3-7,10-11H,1-2,8-9H2,(H,20,22). The zero-order chi connectivity index (χ0) is 18.0. The quantitative estimate of drug-likeness (QED) is 0.842. The molecule has 8 heteroatoms. The number of rotatable bonds is 3. The SMILES string of the molecule is O=C(Nc1cccc(Cl)c1)c1ccc(Cl)c(N2CCCCS2(=O)=O)c1. The van der Waals surface area contributed by atoms with Gasteiger partial charge in [-0.2, -0.15) is 0 Å². The molecule has 1 N–H and O–H groups in total. The van der Waals surface area contributed by atoms with Gasteiger partial charge in [-0.3, -0.25) is 9.10 Å². The van der Waals surface area contributed by atoms with Crippen LogP contribution in [0, 0.1) is 0 Å². The molecular formula is C17H16Cl2N2O3S. The summed E-state index contributed by atoms with van der Waals surface area (Å²) in [6.07, 6.45) is 1.39. The van der Waals surface area contributed by atoms with Gasteiger partial charge in [0.1, 0.15) is 0 Å². The van der Waals surface area contributed by atoms with Gasteiger partial charge >= 0.3 is 0 Å². The van der Waals surface area contributed by atoms with Crippen LogP contribution in [0.4, 0.5) is 11.4 Å². The summed E-state index contributed by atoms with van der Waals surface area (Å²) in [6.45, 7) is 0.363. The molecule has 1 saturated heterocycles. The lowest BCUT2D eigenvalue weighted by Gasteiger charge is -2.29. The van der Waals surface area contributed by atoms with Crippen molar-refractivity contribution in [2.75, 3.05) is 21.9 Å². The molecule has 0 atom stereocenters. The fourth-order valence-electron chi connectivity index (χ4n) is 2.67. The van der Waals surface area contributed by atoms with E-state index in [4.69, 9.17) is 23.2 Å². The van der Waals surface area contributed by atoms with Crippen LogP contribution in [0.2, 0.25) is 10.0 Å². The third-order valence-corrected chi connectivity index (χ3v) is 6.32. The summed E-state index contributed by atoms with van der Waals surface area (Å²) in [6, 6.07) is 11.4. The Morgan fingerprint density at radius 3 is 2.60 bits per heavy atom. The van der Waals surface area contributed by atoms with Gasteiger partial charge in [-0.15, -0.1) is 0 Å². The fourth-order valence-corrected chi connectivity index (χ4v) is 4.78. The van der Waals surface area contributed by atoms with Gasteiger partial charge in [-0.25, -0.2) is 8.42 Å². The summed E-state index contributed by atoms with van der Waals surface area (Å²) < 4.78 is 25.9. The lowest BCUT2D eigenvalue weighted by molar-refractivity contribution is 0.102. The lowest BCUT2D eigenvalue weighted by Crippen LogP contribution is -2.38. The molecule has 0 saturated carbocycles. The topological polar surface area (TPSA) is 66.5 Å². The van der Waals surface area contributed by atoms with E-state index in [0.717, 1.165) is 6.42 Å². The van der Waals surface area contributed by atoms with Gasteiger partial charge in [-0.05, 0) is 49.2 Å². The maximum atomic E-state index is 12.5. The lowest BCUT2D eigenvalue weighted by atomic mass is 10.1. The largest absolute Gasteiger partial charge is 0.322 e. The van der Waals surface area contributed by atoms with Crippen LogP contribution in [0.25, 0.3) is 0 Å². The minimum absolute atomic E-state index is 0.0856. The number of amides is 1. The number of nitrogens with one attached hydrogen (secondary N) is 1. The Labute approximate surface area is 156 Å². The van der Waals surface area contributed by atoms with E-state index in [9.17, 15) is 13.2 Å². The van der Waals surface area contributed by atoms with Crippen molar-refractivity contribution < 1.29 is 13.2 Å². The van der Waals surface area contributed by atoms with Gasteiger partial charge in [0.05, 0.1) is 16.5 Å². The zero-order valence-corrected chi connectivity index (χ0v) is 15.5. The van der Waals surface area contributed by atoms with Crippen molar-refractivity contribution >= 4 is 50.5 Å². The third-order valence-electron chi connectivity index (χ3n) is 3.91. The first kappa shape index (κ1) is 18.0. The highest BCUT2D eigenvalue weighted by molar-refractivity contribution is 7.92. The van der Waals surface area contributed by atoms with Crippen LogP contribution >= 0.6 is 23.2 Å². The fraction of sp³-hybridized carbons (Fsp3) is 0.235. The van der Waals surface area contributed by atoms with E-state index in [1.807, 2.05) is 0 Å². The second kappa shape index (κ2) is 7.23. The molecule has 0 bridgehead atoms. The molecule has 0 unspecified atom stereocenters. The Balaban J connectivity index is 1.89. The maximum absolute atomic E-state index is 12.5. The van der Waals surface area contributed by atoms with Crippen molar-refractivity contribution in [1.82, 2.24) is 0 Å². The second-order valence-electron chi connectivity index (χ2n) is 5.73. The number of halogens is 2. The number of sulfonamides is 1. The second-order valence-corrected chi connectivity index (χ2v) is 8.58.